The van der Waals surface area contributed by atoms with Crippen molar-refractivity contribution in [2.24, 2.45) is 0 Å². The van der Waals surface area contributed by atoms with Crippen molar-refractivity contribution in [2.75, 3.05) is 5.73 Å². The van der Waals surface area contributed by atoms with E-state index in [-0.39, 0.29) is 0 Å². The molecular weight excluding hydrogens is 204 g/mol. The van der Waals surface area contributed by atoms with Crippen molar-refractivity contribution in [2.45, 2.75) is 0 Å². The number of nitrogens with two attached hydrogens (primary N) is 1. The fraction of sp³-hybridized carbons (Fsp3) is 0. The normalized spacial score (nSPS) is 10.6. The summed E-state index contributed by atoms with van der Waals surface area (Å²) in [6.07, 6.45) is 1.88. The smallest absolute Gasteiger partial charge is 0.0688 e. The first-order valence-electron chi connectivity index (χ1n) is 3.29. The minimum absolute atomic E-state index is 0.777. The molecule has 1 aromatic carbocycles. The fourth-order valence-corrected chi connectivity index (χ4v) is 1.66. The summed E-state index contributed by atoms with van der Waals surface area (Å²) in [5.74, 6) is 0. The molecule has 0 unspecified atom stereocenters. The van der Waals surface area contributed by atoms with Crippen molar-refractivity contribution in [1.29, 1.82) is 0 Å². The number of hydrogen-bond acceptors (Lipinski definition) is 1. The Balaban J connectivity index is 2.91. The summed E-state index contributed by atoms with van der Waals surface area (Å²) in [5.41, 5.74) is 7.53. The molecule has 0 aliphatic rings. The molecule has 0 aliphatic carbocycles. The zero-order valence-corrected chi connectivity index (χ0v) is 7.35. The molecule has 56 valence electrons. The summed E-state index contributed by atoms with van der Waals surface area (Å²) < 4.78 is 1.02. The number of benzene rings is 1. The third-order valence-electron chi connectivity index (χ3n) is 1.65. The Bertz CT molecular complexity index is 392. The zero-order chi connectivity index (χ0) is 7.84. The maximum atomic E-state index is 5.74. The molecule has 3 heteroatoms. The summed E-state index contributed by atoms with van der Waals surface area (Å²) in [7, 11) is 0. The molecule has 0 fully saturated rings. The fourth-order valence-electron chi connectivity index (χ4n) is 1.16. The second-order valence-electron chi connectivity index (χ2n) is 2.44. The van der Waals surface area contributed by atoms with Crippen molar-refractivity contribution < 1.29 is 0 Å². The Hall–Kier alpha value is -0.960. The first kappa shape index (κ1) is 6.73. The third-order valence-corrected chi connectivity index (χ3v) is 2.11. The van der Waals surface area contributed by atoms with Crippen LogP contribution in [0.25, 0.3) is 10.9 Å². The number of nitrogens with one attached hydrogen (secondary N) is 1. The van der Waals surface area contributed by atoms with Crippen molar-refractivity contribution in [1.82, 2.24) is 4.98 Å². The Morgan fingerprint density at radius 1 is 1.36 bits per heavy atom. The molecule has 0 spiro atoms. The number of nitrogen functional groups attached to an aromatic ring is 1. The minimum atomic E-state index is 0.777. The molecule has 0 amide bonds. The van der Waals surface area contributed by atoms with Gasteiger partial charge in [-0.1, -0.05) is 15.9 Å². The number of fused-ring (bicyclic) bond motifs is 1. The van der Waals surface area contributed by atoms with Gasteiger partial charge in [0.1, 0.15) is 0 Å². The predicted octanol–water partition coefficient (Wildman–Crippen LogP) is 2.51. The largest absolute Gasteiger partial charge is 0.397 e. The van der Waals surface area contributed by atoms with Crippen molar-refractivity contribution in [3.05, 3.63) is 28.9 Å². The van der Waals surface area contributed by atoms with E-state index in [0.29, 0.717) is 0 Å². The van der Waals surface area contributed by atoms with E-state index in [9.17, 15) is 0 Å². The number of rotatable bonds is 0. The van der Waals surface area contributed by atoms with Crippen LogP contribution in [0.4, 0.5) is 5.69 Å². The van der Waals surface area contributed by atoms with Crippen LogP contribution in [0, 0.1) is 0 Å². The van der Waals surface area contributed by atoms with Crippen molar-refractivity contribution >= 4 is 32.5 Å². The van der Waals surface area contributed by atoms with Gasteiger partial charge >= 0.3 is 0 Å². The first-order chi connectivity index (χ1) is 5.27. The standard InChI is InChI=1S/C8H7BrN2/c9-6-3-5-1-2-11-8(5)7(10)4-6/h1-4,11H,10H2. The summed E-state index contributed by atoms with van der Waals surface area (Å²) in [6, 6.07) is 5.91. The highest BCUT2D eigenvalue weighted by molar-refractivity contribution is 9.10. The van der Waals surface area contributed by atoms with E-state index in [0.717, 1.165) is 21.1 Å². The molecule has 0 bridgehead atoms. The van der Waals surface area contributed by atoms with Gasteiger partial charge < -0.3 is 10.7 Å². The lowest BCUT2D eigenvalue weighted by molar-refractivity contribution is 1.47. The highest BCUT2D eigenvalue weighted by atomic mass is 79.9. The van der Waals surface area contributed by atoms with E-state index < -0.39 is 0 Å². The molecule has 0 saturated carbocycles. The summed E-state index contributed by atoms with van der Waals surface area (Å²) in [5, 5.41) is 1.14. The molecule has 1 aromatic heterocycles. The molecule has 0 atom stereocenters. The molecule has 2 aromatic rings. The van der Waals surface area contributed by atoms with Crippen LogP contribution in [0.2, 0.25) is 0 Å². The number of hydrogen-bond donors (Lipinski definition) is 2. The third kappa shape index (κ3) is 1.01. The average molecular weight is 211 g/mol. The molecular formula is C8H7BrN2. The summed E-state index contributed by atoms with van der Waals surface area (Å²) in [4.78, 5) is 3.07. The van der Waals surface area contributed by atoms with E-state index in [2.05, 4.69) is 20.9 Å². The second kappa shape index (κ2) is 2.27. The van der Waals surface area contributed by atoms with E-state index in [1.807, 2.05) is 24.4 Å². The van der Waals surface area contributed by atoms with E-state index in [1.54, 1.807) is 0 Å². The molecule has 2 rings (SSSR count). The van der Waals surface area contributed by atoms with Gasteiger partial charge in [0, 0.05) is 16.1 Å². The Kier molecular flexibility index (Phi) is 1.39. The number of anilines is 1. The van der Waals surface area contributed by atoms with Crippen LogP contribution < -0.4 is 5.73 Å². The zero-order valence-electron chi connectivity index (χ0n) is 5.76. The van der Waals surface area contributed by atoms with Gasteiger partial charge in [-0.3, -0.25) is 0 Å². The molecule has 0 saturated heterocycles. The van der Waals surface area contributed by atoms with Gasteiger partial charge in [0.15, 0.2) is 0 Å². The minimum Gasteiger partial charge on any atom is -0.397 e. The molecule has 11 heavy (non-hydrogen) atoms. The molecule has 0 radical (unpaired) electrons. The molecule has 1 heterocycles. The SMILES string of the molecule is Nc1cc(Br)cc2cc[nH]c12. The maximum absolute atomic E-state index is 5.74. The van der Waals surface area contributed by atoms with Crippen molar-refractivity contribution in [3.8, 4) is 0 Å². The second-order valence-corrected chi connectivity index (χ2v) is 3.35. The first-order valence-corrected chi connectivity index (χ1v) is 4.09. The van der Waals surface area contributed by atoms with Crippen LogP contribution in [-0.4, -0.2) is 4.98 Å². The Morgan fingerprint density at radius 3 is 3.00 bits per heavy atom. The summed E-state index contributed by atoms with van der Waals surface area (Å²) >= 11 is 3.37. The maximum Gasteiger partial charge on any atom is 0.0688 e. The molecule has 3 N–H and O–H groups in total. The predicted molar refractivity (Wildman–Crippen MR) is 50.4 cm³/mol. The number of aromatic nitrogens is 1. The molecule has 0 aliphatic heterocycles. The van der Waals surface area contributed by atoms with Crippen LogP contribution in [0.5, 0.6) is 0 Å². The van der Waals surface area contributed by atoms with Gasteiger partial charge in [0.05, 0.1) is 11.2 Å². The lowest BCUT2D eigenvalue weighted by Gasteiger charge is -1.96. The summed E-state index contributed by atoms with van der Waals surface area (Å²) in [6.45, 7) is 0. The highest BCUT2D eigenvalue weighted by Crippen LogP contribution is 2.24. The quantitative estimate of drug-likeness (QED) is 0.646. The lowest BCUT2D eigenvalue weighted by Crippen LogP contribution is -1.85. The Morgan fingerprint density at radius 2 is 2.18 bits per heavy atom. The van der Waals surface area contributed by atoms with Gasteiger partial charge in [0.25, 0.3) is 0 Å². The number of halogens is 1. The van der Waals surface area contributed by atoms with Gasteiger partial charge in [0.2, 0.25) is 0 Å². The molecule has 2 nitrogen and oxygen atoms in total. The monoisotopic (exact) mass is 210 g/mol. The van der Waals surface area contributed by atoms with Gasteiger partial charge in [-0.15, -0.1) is 0 Å². The van der Waals surface area contributed by atoms with Gasteiger partial charge in [-0.05, 0) is 18.2 Å². The number of aromatic amines is 1. The van der Waals surface area contributed by atoms with Crippen molar-refractivity contribution in [3.63, 3.8) is 0 Å². The van der Waals surface area contributed by atoms with E-state index in [1.165, 1.54) is 0 Å². The lowest BCUT2D eigenvalue weighted by atomic mass is 10.2. The average Bonchev–Trinajstić information content (AvgIpc) is 2.34. The van der Waals surface area contributed by atoms with Crippen LogP contribution in [0.1, 0.15) is 0 Å². The van der Waals surface area contributed by atoms with E-state index in [4.69, 9.17) is 5.73 Å². The topological polar surface area (TPSA) is 41.8 Å². The highest BCUT2D eigenvalue weighted by Gasteiger charge is 1.99. The van der Waals surface area contributed by atoms with Gasteiger partial charge in [-0.2, -0.15) is 0 Å². The number of H-pyrrole nitrogens is 1. The van der Waals surface area contributed by atoms with Crippen LogP contribution >= 0.6 is 15.9 Å². The van der Waals surface area contributed by atoms with Crippen LogP contribution in [-0.2, 0) is 0 Å². The van der Waals surface area contributed by atoms with Crippen LogP contribution in [0.15, 0.2) is 28.9 Å². The van der Waals surface area contributed by atoms with E-state index >= 15 is 0 Å². The van der Waals surface area contributed by atoms with Gasteiger partial charge in [-0.25, -0.2) is 0 Å². The van der Waals surface area contributed by atoms with Crippen LogP contribution in [0.3, 0.4) is 0 Å². The Labute approximate surface area is 72.5 Å².